The van der Waals surface area contributed by atoms with Gasteiger partial charge in [-0.15, -0.1) is 0 Å². The highest BCUT2D eigenvalue weighted by Crippen LogP contribution is 2.33. The van der Waals surface area contributed by atoms with Crippen molar-refractivity contribution in [1.29, 1.82) is 0 Å². The van der Waals surface area contributed by atoms with Gasteiger partial charge in [0, 0.05) is 88.0 Å². The molecule has 1 atom stereocenters. The molecule has 5 aromatic rings. The monoisotopic (exact) mass is 648 g/mol. The summed E-state index contributed by atoms with van der Waals surface area (Å²) >= 11 is 0. The van der Waals surface area contributed by atoms with Crippen LogP contribution in [-0.2, 0) is 18.4 Å². The zero-order valence-corrected chi connectivity index (χ0v) is 28.2. The average molecular weight is 649 g/mol. The molecule has 2 aromatic carbocycles. The highest BCUT2D eigenvalue weighted by atomic mass is 16.5. The van der Waals surface area contributed by atoms with E-state index in [1.165, 1.54) is 5.56 Å². The smallest absolute Gasteiger partial charge is 0.238 e. The Kier molecular flexibility index (Phi) is 9.11. The molecule has 1 unspecified atom stereocenters. The number of rotatable bonds is 10. The minimum absolute atomic E-state index is 0.0529. The Morgan fingerprint density at radius 2 is 1.83 bits per heavy atom. The first-order valence-electron chi connectivity index (χ1n) is 16.7. The summed E-state index contributed by atoms with van der Waals surface area (Å²) in [5.41, 5.74) is 6.63. The number of carbonyl (C=O) groups excluding carboxylic acids is 1. The van der Waals surface area contributed by atoms with Gasteiger partial charge in [-0.3, -0.25) is 19.3 Å². The Morgan fingerprint density at radius 1 is 1.02 bits per heavy atom. The molecule has 0 aliphatic carbocycles. The molecule has 0 spiro atoms. The van der Waals surface area contributed by atoms with Gasteiger partial charge in [-0.1, -0.05) is 24.3 Å². The van der Waals surface area contributed by atoms with Gasteiger partial charge in [0.1, 0.15) is 11.9 Å². The van der Waals surface area contributed by atoms with Gasteiger partial charge in [-0.05, 0) is 56.6 Å². The van der Waals surface area contributed by atoms with Gasteiger partial charge >= 0.3 is 0 Å². The maximum absolute atomic E-state index is 13.2. The van der Waals surface area contributed by atoms with Gasteiger partial charge < -0.3 is 25.3 Å². The first kappa shape index (κ1) is 31.8. The number of piperazine rings is 1. The lowest BCUT2D eigenvalue weighted by atomic mass is 10.1. The van der Waals surface area contributed by atoms with Crippen LogP contribution in [0.3, 0.4) is 0 Å². The number of likely N-dealkylation sites (tertiary alicyclic amines) is 1. The number of aromatic nitrogens is 5. The fraction of sp³-hybridized carbons (Fsp3) is 0.389. The van der Waals surface area contributed by atoms with Crippen LogP contribution >= 0.6 is 0 Å². The number of anilines is 3. The molecule has 250 valence electrons. The van der Waals surface area contributed by atoms with Crippen LogP contribution in [0.15, 0.2) is 60.9 Å². The number of para-hydroxylation sites is 1. The maximum atomic E-state index is 13.2. The van der Waals surface area contributed by atoms with E-state index in [2.05, 4.69) is 71.7 Å². The summed E-state index contributed by atoms with van der Waals surface area (Å²) in [6.45, 7) is 11.3. The summed E-state index contributed by atoms with van der Waals surface area (Å²) in [5.74, 6) is 1.99. The van der Waals surface area contributed by atoms with Crippen LogP contribution in [0.5, 0.6) is 5.75 Å². The number of amides is 1. The van der Waals surface area contributed by atoms with Gasteiger partial charge in [-0.2, -0.15) is 5.10 Å². The standard InChI is InChI=1S/C36H44N10O2/c1-24-19-38-36(40-32-18-25(2)44(4)42-32)41-34(24)30-20-37-35-29(30)6-5-7-31(35)39-33(47)23-46-13-12-28(22-46)48-27-10-8-26(9-11-27)21-45-16-14-43(3)15-17-45/h5-11,18-20,28,37H,12-17,21-23H2,1-4H3,(H,39,47)(H,38,40,41,42). The number of hydrogen-bond acceptors (Lipinski definition) is 9. The Balaban J connectivity index is 0.948. The van der Waals surface area contributed by atoms with Gasteiger partial charge in [0.2, 0.25) is 11.9 Å². The van der Waals surface area contributed by atoms with E-state index in [4.69, 9.17) is 9.72 Å². The first-order valence-corrected chi connectivity index (χ1v) is 16.7. The number of ether oxygens (including phenoxy) is 1. The third-order valence-corrected chi connectivity index (χ3v) is 9.39. The molecule has 2 aliphatic rings. The first-order chi connectivity index (χ1) is 23.3. The van der Waals surface area contributed by atoms with Crippen molar-refractivity contribution in [2.24, 2.45) is 7.05 Å². The zero-order valence-electron chi connectivity index (χ0n) is 28.2. The van der Waals surface area contributed by atoms with Gasteiger partial charge in [0.05, 0.1) is 23.4 Å². The fourth-order valence-electron chi connectivity index (χ4n) is 6.53. The number of hydrogen-bond donors (Lipinski definition) is 3. The van der Waals surface area contributed by atoms with Crippen molar-refractivity contribution in [3.8, 4) is 17.0 Å². The predicted octanol–water partition coefficient (Wildman–Crippen LogP) is 4.56. The lowest BCUT2D eigenvalue weighted by molar-refractivity contribution is -0.117. The number of nitrogens with one attached hydrogen (secondary N) is 3. The van der Waals surface area contributed by atoms with Gasteiger partial charge in [-0.25, -0.2) is 9.97 Å². The molecule has 0 radical (unpaired) electrons. The Labute approximate surface area is 281 Å². The summed E-state index contributed by atoms with van der Waals surface area (Å²) in [4.78, 5) is 32.9. The van der Waals surface area contributed by atoms with E-state index in [1.807, 2.05) is 57.6 Å². The lowest BCUT2D eigenvalue weighted by Gasteiger charge is -2.32. The predicted molar refractivity (Wildman–Crippen MR) is 189 cm³/mol. The molecule has 12 heteroatoms. The number of aryl methyl sites for hydroxylation is 3. The molecule has 0 saturated carbocycles. The molecule has 2 aliphatic heterocycles. The molecule has 2 fully saturated rings. The van der Waals surface area contributed by atoms with Crippen molar-refractivity contribution < 1.29 is 9.53 Å². The van der Waals surface area contributed by atoms with Gasteiger partial charge in [0.25, 0.3) is 0 Å². The van der Waals surface area contributed by atoms with E-state index in [-0.39, 0.29) is 12.0 Å². The van der Waals surface area contributed by atoms with Crippen LogP contribution < -0.4 is 15.4 Å². The zero-order chi connectivity index (χ0) is 33.2. The van der Waals surface area contributed by atoms with Crippen LogP contribution in [0.2, 0.25) is 0 Å². The second-order valence-corrected chi connectivity index (χ2v) is 13.1. The number of H-pyrrole nitrogens is 1. The van der Waals surface area contributed by atoms with Crippen LogP contribution in [0.25, 0.3) is 22.2 Å². The Hall–Kier alpha value is -4.78. The second kappa shape index (κ2) is 13.8. The summed E-state index contributed by atoms with van der Waals surface area (Å²) < 4.78 is 8.11. The summed E-state index contributed by atoms with van der Waals surface area (Å²) in [5, 5.41) is 11.8. The average Bonchev–Trinajstić information content (AvgIpc) is 3.79. The summed E-state index contributed by atoms with van der Waals surface area (Å²) in [6, 6.07) is 16.4. The third kappa shape index (κ3) is 7.20. The lowest BCUT2D eigenvalue weighted by Crippen LogP contribution is -2.43. The Bertz CT molecular complexity index is 1870. The molecule has 48 heavy (non-hydrogen) atoms. The number of carbonyl (C=O) groups is 1. The van der Waals surface area contributed by atoms with Crippen molar-refractivity contribution >= 4 is 34.3 Å². The van der Waals surface area contributed by atoms with E-state index < -0.39 is 0 Å². The molecule has 7 rings (SSSR count). The van der Waals surface area contributed by atoms with E-state index >= 15 is 0 Å². The van der Waals surface area contributed by atoms with E-state index in [9.17, 15) is 4.79 Å². The maximum Gasteiger partial charge on any atom is 0.238 e. The Morgan fingerprint density at radius 3 is 2.60 bits per heavy atom. The van der Waals surface area contributed by atoms with Crippen molar-refractivity contribution in [2.45, 2.75) is 32.9 Å². The van der Waals surface area contributed by atoms with Gasteiger partial charge in [0.15, 0.2) is 5.82 Å². The fourth-order valence-corrected chi connectivity index (χ4v) is 6.53. The number of nitrogens with zero attached hydrogens (tertiary/aromatic N) is 7. The van der Waals surface area contributed by atoms with Crippen LogP contribution in [0.4, 0.5) is 17.5 Å². The third-order valence-electron chi connectivity index (χ3n) is 9.39. The van der Waals surface area contributed by atoms with Crippen LogP contribution in [0.1, 0.15) is 23.2 Å². The highest BCUT2D eigenvalue weighted by molar-refractivity contribution is 6.06. The summed E-state index contributed by atoms with van der Waals surface area (Å²) in [7, 11) is 4.08. The number of fused-ring (bicyclic) bond motifs is 1. The van der Waals surface area contributed by atoms with Crippen molar-refractivity contribution in [3.05, 3.63) is 77.7 Å². The van der Waals surface area contributed by atoms with Crippen molar-refractivity contribution in [1.82, 2.24) is 39.4 Å². The van der Waals surface area contributed by atoms with Crippen molar-refractivity contribution in [2.75, 3.05) is 63.5 Å². The molecule has 12 nitrogen and oxygen atoms in total. The highest BCUT2D eigenvalue weighted by Gasteiger charge is 2.26. The molecule has 2 saturated heterocycles. The molecule has 3 N–H and O–H groups in total. The molecule has 5 heterocycles. The largest absolute Gasteiger partial charge is 0.489 e. The molecule has 0 bridgehead atoms. The van der Waals surface area contributed by atoms with E-state index in [0.29, 0.717) is 18.3 Å². The van der Waals surface area contributed by atoms with Crippen molar-refractivity contribution in [3.63, 3.8) is 0 Å². The van der Waals surface area contributed by atoms with E-state index in [1.54, 1.807) is 4.68 Å². The van der Waals surface area contributed by atoms with Crippen LogP contribution in [0, 0.1) is 13.8 Å². The molecular formula is C36H44N10O2. The normalized spacial score (nSPS) is 17.6. The van der Waals surface area contributed by atoms with Crippen LogP contribution in [-0.4, -0.2) is 104 Å². The minimum Gasteiger partial charge on any atom is -0.489 e. The quantitative estimate of drug-likeness (QED) is 0.200. The second-order valence-electron chi connectivity index (χ2n) is 13.1. The molecule has 1 amide bonds. The summed E-state index contributed by atoms with van der Waals surface area (Å²) in [6.07, 6.45) is 4.70. The number of benzene rings is 2. The molecular weight excluding hydrogens is 604 g/mol. The SMILES string of the molecule is Cc1cnc(Nc2cc(C)n(C)n2)nc1-c1c[nH]c2c(NC(=O)CN3CCC(Oc4ccc(CN5CCN(C)CC5)cc4)C3)cccc12. The number of likely N-dealkylation sites (N-methyl/N-ethyl adjacent to an activating group) is 1. The number of aromatic amines is 1. The molecule has 3 aromatic heterocycles. The topological polar surface area (TPSA) is 119 Å². The van der Waals surface area contributed by atoms with E-state index in [0.717, 1.165) is 97.1 Å². The minimum atomic E-state index is -0.0529.